The van der Waals surface area contributed by atoms with Crippen LogP contribution in [0.4, 0.5) is 5.69 Å². The second-order valence-corrected chi connectivity index (χ2v) is 6.97. The van der Waals surface area contributed by atoms with E-state index in [9.17, 15) is 19.2 Å². The zero-order valence-electron chi connectivity index (χ0n) is 16.6. The molecule has 0 aromatic heterocycles. The number of esters is 1. The van der Waals surface area contributed by atoms with Crippen molar-refractivity contribution in [2.24, 2.45) is 0 Å². The third-order valence-electron chi connectivity index (χ3n) is 3.86. The molecule has 0 atom stereocenters. The van der Waals surface area contributed by atoms with Crippen LogP contribution >= 0.6 is 11.6 Å². The Kier molecular flexibility index (Phi) is 8.37. The number of benzene rings is 2. The summed E-state index contributed by atoms with van der Waals surface area (Å²) in [5.41, 5.74) is 7.20. The summed E-state index contributed by atoms with van der Waals surface area (Å²) in [6.07, 6.45) is -0.467. The van der Waals surface area contributed by atoms with E-state index in [0.29, 0.717) is 5.69 Å². The maximum absolute atomic E-state index is 11.9. The lowest BCUT2D eigenvalue weighted by molar-refractivity contribution is -0.148. The fraction of sp³-hybridized carbons (Fsp3) is 0.238. The van der Waals surface area contributed by atoms with Gasteiger partial charge in [-0.25, -0.2) is 0 Å². The molecule has 2 aromatic carbocycles. The van der Waals surface area contributed by atoms with E-state index >= 15 is 0 Å². The van der Waals surface area contributed by atoms with Crippen molar-refractivity contribution in [3.63, 3.8) is 0 Å². The van der Waals surface area contributed by atoms with Crippen LogP contribution < -0.4 is 16.2 Å². The van der Waals surface area contributed by atoms with Gasteiger partial charge in [0.05, 0.1) is 17.0 Å². The van der Waals surface area contributed by atoms with E-state index in [2.05, 4.69) is 16.2 Å². The van der Waals surface area contributed by atoms with Gasteiger partial charge in [-0.1, -0.05) is 29.8 Å². The Morgan fingerprint density at radius 2 is 1.57 bits per heavy atom. The van der Waals surface area contributed by atoms with E-state index < -0.39 is 30.3 Å². The summed E-state index contributed by atoms with van der Waals surface area (Å²) in [5.74, 6) is -2.37. The van der Waals surface area contributed by atoms with Gasteiger partial charge in [0.25, 0.3) is 11.8 Å². The van der Waals surface area contributed by atoms with Crippen LogP contribution in [0.25, 0.3) is 0 Å². The molecule has 9 heteroatoms. The van der Waals surface area contributed by atoms with Gasteiger partial charge in [0.1, 0.15) is 0 Å². The van der Waals surface area contributed by atoms with Gasteiger partial charge in [0.2, 0.25) is 5.91 Å². The average molecular weight is 432 g/mol. The summed E-state index contributed by atoms with van der Waals surface area (Å²) in [5, 5.41) is 2.89. The lowest BCUT2D eigenvalue weighted by atomic mass is 10.1. The molecule has 0 spiro atoms. The van der Waals surface area contributed by atoms with Crippen molar-refractivity contribution in [3.05, 3.63) is 64.2 Å². The van der Waals surface area contributed by atoms with Crippen LogP contribution in [0.2, 0.25) is 5.02 Å². The fourth-order valence-corrected chi connectivity index (χ4v) is 2.80. The number of anilines is 1. The highest BCUT2D eigenvalue weighted by molar-refractivity contribution is 6.33. The monoisotopic (exact) mass is 431 g/mol. The Labute approximate surface area is 178 Å². The van der Waals surface area contributed by atoms with Crippen LogP contribution in [0, 0.1) is 13.8 Å². The SMILES string of the molecule is Cc1cc(C)cc(NC(=O)COC(=O)CCC(=O)NNC(=O)c2ccccc2Cl)c1. The van der Waals surface area contributed by atoms with Crippen molar-refractivity contribution in [1.82, 2.24) is 10.9 Å². The summed E-state index contributed by atoms with van der Waals surface area (Å²) < 4.78 is 4.86. The van der Waals surface area contributed by atoms with E-state index in [-0.39, 0.29) is 23.4 Å². The number of carbonyl (C=O) groups excluding carboxylic acids is 4. The first-order valence-electron chi connectivity index (χ1n) is 9.12. The molecular weight excluding hydrogens is 410 g/mol. The van der Waals surface area contributed by atoms with Crippen LogP contribution in [0.3, 0.4) is 0 Å². The van der Waals surface area contributed by atoms with Gasteiger partial charge in [-0.15, -0.1) is 0 Å². The first-order chi connectivity index (χ1) is 14.2. The zero-order chi connectivity index (χ0) is 22.1. The van der Waals surface area contributed by atoms with Crippen LogP contribution in [-0.4, -0.2) is 30.3 Å². The van der Waals surface area contributed by atoms with Crippen molar-refractivity contribution in [3.8, 4) is 0 Å². The number of amides is 3. The van der Waals surface area contributed by atoms with E-state index in [1.165, 1.54) is 6.07 Å². The van der Waals surface area contributed by atoms with Gasteiger partial charge >= 0.3 is 5.97 Å². The molecule has 2 aromatic rings. The molecule has 158 valence electrons. The first-order valence-corrected chi connectivity index (χ1v) is 9.50. The van der Waals surface area contributed by atoms with Gasteiger partial charge < -0.3 is 10.1 Å². The average Bonchev–Trinajstić information content (AvgIpc) is 2.68. The summed E-state index contributed by atoms with van der Waals surface area (Å²) >= 11 is 5.90. The van der Waals surface area contributed by atoms with Crippen molar-refractivity contribution in [2.75, 3.05) is 11.9 Å². The first kappa shape index (κ1) is 22.9. The molecule has 8 nitrogen and oxygen atoms in total. The zero-order valence-corrected chi connectivity index (χ0v) is 17.3. The minimum absolute atomic E-state index is 0.202. The standard InChI is InChI=1S/C21H22ClN3O5/c1-13-9-14(2)11-15(10-13)23-19(27)12-30-20(28)8-7-18(26)24-25-21(29)16-5-3-4-6-17(16)22/h3-6,9-11H,7-8,12H2,1-2H3,(H,23,27)(H,24,26)(H,25,29). The number of ether oxygens (including phenoxy) is 1. The normalized spacial score (nSPS) is 10.1. The molecule has 0 radical (unpaired) electrons. The van der Waals surface area contributed by atoms with Crippen LogP contribution in [0.5, 0.6) is 0 Å². The molecule has 0 aliphatic heterocycles. The number of rotatable bonds is 7. The van der Waals surface area contributed by atoms with E-state index in [0.717, 1.165) is 11.1 Å². The lowest BCUT2D eigenvalue weighted by Crippen LogP contribution is -2.41. The number of nitrogens with one attached hydrogen (secondary N) is 3. The van der Waals surface area contributed by atoms with Crippen molar-refractivity contribution < 1.29 is 23.9 Å². The van der Waals surface area contributed by atoms with E-state index in [1.54, 1.807) is 30.3 Å². The molecular formula is C21H22ClN3O5. The topological polar surface area (TPSA) is 114 Å². The second kappa shape index (κ2) is 11.0. The number of hydrazine groups is 1. The quantitative estimate of drug-likeness (QED) is 0.460. The Hall–Kier alpha value is -3.39. The summed E-state index contributed by atoms with van der Waals surface area (Å²) in [6, 6.07) is 11.9. The Bertz CT molecular complexity index is 941. The summed E-state index contributed by atoms with van der Waals surface area (Å²) in [7, 11) is 0. The van der Waals surface area contributed by atoms with Gasteiger partial charge in [-0.2, -0.15) is 0 Å². The third-order valence-corrected chi connectivity index (χ3v) is 4.19. The Balaban J connectivity index is 1.67. The molecule has 0 saturated carbocycles. The number of carbonyl (C=O) groups is 4. The second-order valence-electron chi connectivity index (χ2n) is 6.57. The molecule has 30 heavy (non-hydrogen) atoms. The van der Waals surface area contributed by atoms with Gasteiger partial charge in [-0.05, 0) is 49.2 Å². The summed E-state index contributed by atoms with van der Waals surface area (Å²) in [6.45, 7) is 3.35. The van der Waals surface area contributed by atoms with Gasteiger partial charge in [-0.3, -0.25) is 30.0 Å². The Morgan fingerprint density at radius 3 is 2.23 bits per heavy atom. The third kappa shape index (κ3) is 7.56. The minimum atomic E-state index is -0.710. The van der Waals surface area contributed by atoms with Gasteiger partial charge in [0, 0.05) is 12.1 Å². The molecule has 0 bridgehead atoms. The highest BCUT2D eigenvalue weighted by Crippen LogP contribution is 2.14. The van der Waals surface area contributed by atoms with Crippen LogP contribution in [-0.2, 0) is 19.1 Å². The minimum Gasteiger partial charge on any atom is -0.456 e. The molecule has 3 amide bonds. The predicted octanol–water partition coefficient (Wildman–Crippen LogP) is 2.68. The summed E-state index contributed by atoms with van der Waals surface area (Å²) in [4.78, 5) is 47.3. The highest BCUT2D eigenvalue weighted by Gasteiger charge is 2.13. The van der Waals surface area contributed by atoms with Crippen LogP contribution in [0.1, 0.15) is 34.3 Å². The van der Waals surface area contributed by atoms with Gasteiger partial charge in [0.15, 0.2) is 6.61 Å². The largest absolute Gasteiger partial charge is 0.456 e. The smallest absolute Gasteiger partial charge is 0.306 e. The number of hydrogen-bond acceptors (Lipinski definition) is 5. The molecule has 2 rings (SSSR count). The number of halogens is 1. The molecule has 3 N–H and O–H groups in total. The molecule has 0 unspecified atom stereocenters. The van der Waals surface area contributed by atoms with Crippen molar-refractivity contribution in [2.45, 2.75) is 26.7 Å². The molecule has 0 saturated heterocycles. The fourth-order valence-electron chi connectivity index (χ4n) is 2.58. The number of aryl methyl sites for hydroxylation is 2. The lowest BCUT2D eigenvalue weighted by Gasteiger charge is -2.09. The van der Waals surface area contributed by atoms with E-state index in [1.807, 2.05) is 19.9 Å². The maximum Gasteiger partial charge on any atom is 0.306 e. The number of hydrogen-bond donors (Lipinski definition) is 3. The molecule has 0 fully saturated rings. The maximum atomic E-state index is 11.9. The molecule has 0 aliphatic rings. The van der Waals surface area contributed by atoms with Crippen molar-refractivity contribution >= 4 is 41.0 Å². The van der Waals surface area contributed by atoms with Crippen LogP contribution in [0.15, 0.2) is 42.5 Å². The Morgan fingerprint density at radius 1 is 0.900 bits per heavy atom. The molecule has 0 aliphatic carbocycles. The van der Waals surface area contributed by atoms with Crippen molar-refractivity contribution in [1.29, 1.82) is 0 Å². The highest BCUT2D eigenvalue weighted by atomic mass is 35.5. The molecule has 0 heterocycles. The van der Waals surface area contributed by atoms with E-state index in [4.69, 9.17) is 16.3 Å². The predicted molar refractivity (Wildman–Crippen MR) is 112 cm³/mol.